The standard InChI is InChI=1S/C15H21NO/c1-16-15(13-7-11-6-12(11)8-13)10-4-3-5-14(9-10)17-2/h3-5,9,11-13,15-16H,6-8H2,1-2H3. The topological polar surface area (TPSA) is 21.3 Å². The number of benzene rings is 1. The van der Waals surface area contributed by atoms with Gasteiger partial charge in [0.15, 0.2) is 0 Å². The zero-order valence-corrected chi connectivity index (χ0v) is 10.6. The van der Waals surface area contributed by atoms with E-state index in [9.17, 15) is 0 Å². The van der Waals surface area contributed by atoms with Gasteiger partial charge in [0.1, 0.15) is 5.75 Å². The minimum absolute atomic E-state index is 0.498. The second-order valence-corrected chi connectivity index (χ2v) is 5.53. The Labute approximate surface area is 103 Å². The maximum absolute atomic E-state index is 5.31. The van der Waals surface area contributed by atoms with Gasteiger partial charge in [0.2, 0.25) is 0 Å². The van der Waals surface area contributed by atoms with Gasteiger partial charge in [0, 0.05) is 6.04 Å². The molecule has 1 aromatic carbocycles. The molecule has 2 aliphatic carbocycles. The molecule has 0 heterocycles. The molecule has 1 aromatic rings. The molecule has 2 aliphatic rings. The maximum Gasteiger partial charge on any atom is 0.119 e. The predicted octanol–water partition coefficient (Wildman–Crippen LogP) is 3.00. The van der Waals surface area contributed by atoms with E-state index >= 15 is 0 Å². The van der Waals surface area contributed by atoms with Gasteiger partial charge >= 0.3 is 0 Å². The number of fused-ring (bicyclic) bond motifs is 1. The lowest BCUT2D eigenvalue weighted by Crippen LogP contribution is -2.24. The Hall–Kier alpha value is -1.02. The molecule has 0 bridgehead atoms. The van der Waals surface area contributed by atoms with Crippen LogP contribution in [-0.2, 0) is 0 Å². The van der Waals surface area contributed by atoms with Gasteiger partial charge in [-0.3, -0.25) is 0 Å². The summed E-state index contributed by atoms with van der Waals surface area (Å²) in [4.78, 5) is 0. The summed E-state index contributed by atoms with van der Waals surface area (Å²) in [5, 5.41) is 3.50. The summed E-state index contributed by atoms with van der Waals surface area (Å²) in [6, 6.07) is 8.99. The van der Waals surface area contributed by atoms with Crippen molar-refractivity contribution in [3.8, 4) is 5.75 Å². The molecule has 0 radical (unpaired) electrons. The highest BCUT2D eigenvalue weighted by atomic mass is 16.5. The monoisotopic (exact) mass is 231 g/mol. The van der Waals surface area contributed by atoms with Crippen LogP contribution in [0, 0.1) is 17.8 Å². The molecule has 2 fully saturated rings. The molecule has 0 amide bonds. The molecule has 2 nitrogen and oxygen atoms in total. The summed E-state index contributed by atoms with van der Waals surface area (Å²) in [6.07, 6.45) is 4.31. The van der Waals surface area contributed by atoms with Gasteiger partial charge < -0.3 is 10.1 Å². The van der Waals surface area contributed by atoms with Crippen LogP contribution in [0.3, 0.4) is 0 Å². The van der Waals surface area contributed by atoms with Crippen LogP contribution in [0.15, 0.2) is 24.3 Å². The molecule has 2 heteroatoms. The van der Waals surface area contributed by atoms with Gasteiger partial charge in [-0.05, 0) is 61.8 Å². The fourth-order valence-electron chi connectivity index (χ4n) is 3.54. The van der Waals surface area contributed by atoms with E-state index in [1.165, 1.54) is 24.8 Å². The molecule has 0 saturated heterocycles. The lowest BCUT2D eigenvalue weighted by Gasteiger charge is -2.25. The molecule has 1 N–H and O–H groups in total. The molecule has 17 heavy (non-hydrogen) atoms. The second-order valence-electron chi connectivity index (χ2n) is 5.53. The SMILES string of the molecule is CNC(c1cccc(OC)c1)C1CC2CC2C1. The maximum atomic E-state index is 5.31. The largest absolute Gasteiger partial charge is 0.497 e. The first-order valence-corrected chi connectivity index (χ1v) is 6.63. The van der Waals surface area contributed by atoms with Gasteiger partial charge in [0.05, 0.1) is 7.11 Å². The zero-order valence-electron chi connectivity index (χ0n) is 10.6. The number of ether oxygens (including phenoxy) is 1. The number of nitrogens with one attached hydrogen (secondary N) is 1. The minimum atomic E-state index is 0.498. The highest BCUT2D eigenvalue weighted by Gasteiger charge is 2.47. The predicted molar refractivity (Wildman–Crippen MR) is 69.1 cm³/mol. The summed E-state index contributed by atoms with van der Waals surface area (Å²) in [6.45, 7) is 0. The Bertz CT molecular complexity index is 394. The summed E-state index contributed by atoms with van der Waals surface area (Å²) in [7, 11) is 3.81. The molecule has 3 atom stereocenters. The van der Waals surface area contributed by atoms with Crippen molar-refractivity contribution in [2.24, 2.45) is 17.8 Å². The Balaban J connectivity index is 1.78. The van der Waals surface area contributed by atoms with E-state index in [0.29, 0.717) is 6.04 Å². The van der Waals surface area contributed by atoms with Crippen LogP contribution in [0.2, 0.25) is 0 Å². The lowest BCUT2D eigenvalue weighted by atomic mass is 9.89. The van der Waals surface area contributed by atoms with E-state index in [0.717, 1.165) is 23.5 Å². The molecule has 0 aromatic heterocycles. The molecule has 2 saturated carbocycles. The quantitative estimate of drug-likeness (QED) is 0.860. The molecule has 0 aliphatic heterocycles. The van der Waals surface area contributed by atoms with E-state index in [4.69, 9.17) is 4.74 Å². The lowest BCUT2D eigenvalue weighted by molar-refractivity contribution is 0.357. The number of hydrogen-bond donors (Lipinski definition) is 1. The Kier molecular flexibility index (Phi) is 2.83. The molecule has 92 valence electrons. The van der Waals surface area contributed by atoms with Crippen LogP contribution in [-0.4, -0.2) is 14.2 Å². The van der Waals surface area contributed by atoms with Crippen LogP contribution in [0.4, 0.5) is 0 Å². The van der Waals surface area contributed by atoms with E-state index in [-0.39, 0.29) is 0 Å². The summed E-state index contributed by atoms with van der Waals surface area (Å²) in [5.74, 6) is 3.87. The number of hydrogen-bond acceptors (Lipinski definition) is 2. The van der Waals surface area contributed by atoms with E-state index in [1.54, 1.807) is 7.11 Å². The van der Waals surface area contributed by atoms with Crippen molar-refractivity contribution >= 4 is 0 Å². The highest BCUT2D eigenvalue weighted by molar-refractivity contribution is 5.31. The van der Waals surface area contributed by atoms with E-state index in [2.05, 4.69) is 30.6 Å². The molecule has 3 rings (SSSR count). The third-order valence-corrected chi connectivity index (χ3v) is 4.52. The van der Waals surface area contributed by atoms with Crippen molar-refractivity contribution in [3.63, 3.8) is 0 Å². The fourth-order valence-corrected chi connectivity index (χ4v) is 3.54. The van der Waals surface area contributed by atoms with Gasteiger partial charge in [-0.15, -0.1) is 0 Å². The first-order chi connectivity index (χ1) is 8.31. The Morgan fingerprint density at radius 2 is 2.00 bits per heavy atom. The first-order valence-electron chi connectivity index (χ1n) is 6.63. The minimum Gasteiger partial charge on any atom is -0.497 e. The fraction of sp³-hybridized carbons (Fsp3) is 0.600. The number of rotatable bonds is 4. The molecule has 3 unspecified atom stereocenters. The first kappa shape index (κ1) is 11.1. The van der Waals surface area contributed by atoms with Crippen LogP contribution in [0.5, 0.6) is 5.75 Å². The third kappa shape index (κ3) is 2.06. The average molecular weight is 231 g/mol. The Morgan fingerprint density at radius 1 is 1.24 bits per heavy atom. The molecular weight excluding hydrogens is 210 g/mol. The number of methoxy groups -OCH3 is 1. The average Bonchev–Trinajstić information content (AvgIpc) is 2.98. The van der Waals surface area contributed by atoms with Gasteiger partial charge in [-0.1, -0.05) is 12.1 Å². The molecular formula is C15H21NO. The van der Waals surface area contributed by atoms with Crippen LogP contribution in [0.1, 0.15) is 30.9 Å². The zero-order chi connectivity index (χ0) is 11.8. The normalized spacial score (nSPS) is 32.0. The van der Waals surface area contributed by atoms with Crippen molar-refractivity contribution in [1.82, 2.24) is 5.32 Å². The smallest absolute Gasteiger partial charge is 0.119 e. The van der Waals surface area contributed by atoms with Crippen LogP contribution in [0.25, 0.3) is 0 Å². The van der Waals surface area contributed by atoms with Gasteiger partial charge in [-0.25, -0.2) is 0 Å². The van der Waals surface area contributed by atoms with Gasteiger partial charge in [0.25, 0.3) is 0 Å². The third-order valence-electron chi connectivity index (χ3n) is 4.52. The van der Waals surface area contributed by atoms with E-state index < -0.39 is 0 Å². The van der Waals surface area contributed by atoms with Crippen molar-refractivity contribution in [1.29, 1.82) is 0 Å². The van der Waals surface area contributed by atoms with Crippen LogP contribution < -0.4 is 10.1 Å². The summed E-state index contributed by atoms with van der Waals surface area (Å²) < 4.78 is 5.31. The van der Waals surface area contributed by atoms with Gasteiger partial charge in [-0.2, -0.15) is 0 Å². The van der Waals surface area contributed by atoms with Crippen molar-refractivity contribution in [2.45, 2.75) is 25.3 Å². The van der Waals surface area contributed by atoms with E-state index in [1.807, 2.05) is 6.07 Å². The molecule has 0 spiro atoms. The summed E-state index contributed by atoms with van der Waals surface area (Å²) >= 11 is 0. The van der Waals surface area contributed by atoms with Crippen molar-refractivity contribution in [3.05, 3.63) is 29.8 Å². The van der Waals surface area contributed by atoms with Crippen molar-refractivity contribution < 1.29 is 4.74 Å². The second kappa shape index (κ2) is 4.34. The highest BCUT2D eigenvalue weighted by Crippen LogP contribution is 2.57. The van der Waals surface area contributed by atoms with Crippen LogP contribution >= 0.6 is 0 Å². The summed E-state index contributed by atoms with van der Waals surface area (Å²) in [5.41, 5.74) is 1.37. The Morgan fingerprint density at radius 3 is 2.65 bits per heavy atom. The van der Waals surface area contributed by atoms with Crippen molar-refractivity contribution in [2.75, 3.05) is 14.2 Å².